The zero-order chi connectivity index (χ0) is 21.8. The van der Waals surface area contributed by atoms with Crippen molar-refractivity contribution in [3.63, 3.8) is 0 Å². The third-order valence-electron chi connectivity index (χ3n) is 5.65. The van der Waals surface area contributed by atoms with Gasteiger partial charge in [-0.1, -0.05) is 0 Å². The maximum atomic E-state index is 13.1. The number of nitrogens with zero attached hydrogens (tertiary/aromatic N) is 1. The SMILES string of the molecule is CCNC(=O)C[C@H]1CC[C@@H]2[C@H](COC[C@H](O)CN2C(=O)Nc2ccc3c(c2)OCO3)O1. The van der Waals surface area contributed by atoms with Gasteiger partial charge >= 0.3 is 6.03 Å². The van der Waals surface area contributed by atoms with E-state index in [0.717, 1.165) is 0 Å². The predicted molar refractivity (Wildman–Crippen MR) is 110 cm³/mol. The number of β-amino-alcohol motifs (C(OH)–C–C–N with tert-alkyl or cyclic N) is 1. The van der Waals surface area contributed by atoms with Crippen LogP contribution in [0.5, 0.6) is 11.5 Å². The van der Waals surface area contributed by atoms with Crippen LogP contribution >= 0.6 is 0 Å². The maximum absolute atomic E-state index is 13.1. The van der Waals surface area contributed by atoms with E-state index >= 15 is 0 Å². The molecule has 1 aromatic rings. The van der Waals surface area contributed by atoms with Crippen LogP contribution in [-0.2, 0) is 14.3 Å². The molecule has 3 N–H and O–H groups in total. The minimum Gasteiger partial charge on any atom is -0.454 e. The minimum atomic E-state index is -0.795. The highest BCUT2D eigenvalue weighted by atomic mass is 16.7. The van der Waals surface area contributed by atoms with Gasteiger partial charge in [0.1, 0.15) is 6.10 Å². The zero-order valence-corrected chi connectivity index (χ0v) is 17.5. The summed E-state index contributed by atoms with van der Waals surface area (Å²) in [6.45, 7) is 3.10. The Morgan fingerprint density at radius 2 is 2.03 bits per heavy atom. The van der Waals surface area contributed by atoms with Crippen LogP contribution < -0.4 is 20.1 Å². The van der Waals surface area contributed by atoms with Crippen molar-refractivity contribution in [2.24, 2.45) is 0 Å². The summed E-state index contributed by atoms with van der Waals surface area (Å²) in [5.74, 6) is 1.16. The Labute approximate surface area is 180 Å². The van der Waals surface area contributed by atoms with E-state index in [-0.39, 0.29) is 63.2 Å². The number of hydrogen-bond donors (Lipinski definition) is 3. The van der Waals surface area contributed by atoms with Crippen molar-refractivity contribution in [2.45, 2.75) is 50.5 Å². The Bertz CT molecular complexity index is 805. The number of aliphatic hydroxyl groups excluding tert-OH is 1. The number of carbonyl (C=O) groups is 2. The van der Waals surface area contributed by atoms with Gasteiger partial charge in [0, 0.05) is 18.3 Å². The first-order chi connectivity index (χ1) is 15.0. The fourth-order valence-electron chi connectivity index (χ4n) is 4.22. The van der Waals surface area contributed by atoms with Gasteiger partial charge in [0.15, 0.2) is 11.5 Å². The van der Waals surface area contributed by atoms with Gasteiger partial charge in [0.05, 0.1) is 44.4 Å². The Hall–Kier alpha value is -2.56. The standard InChI is InChI=1S/C21H29N3O7/c1-2-22-20(26)8-15-4-5-16-19(31-15)11-28-10-14(25)9-24(16)21(27)23-13-3-6-17-18(7-13)30-12-29-17/h3,6-7,14-16,19,25H,2,4-5,8-12H2,1H3,(H,22,26)(H,23,27)/t14-,15-,16-,19+/m1/s1. The summed E-state index contributed by atoms with van der Waals surface area (Å²) in [5, 5.41) is 15.9. The molecule has 0 spiro atoms. The minimum absolute atomic E-state index is 0.0504. The molecule has 10 nitrogen and oxygen atoms in total. The van der Waals surface area contributed by atoms with E-state index in [4.69, 9.17) is 18.9 Å². The third-order valence-corrected chi connectivity index (χ3v) is 5.65. The van der Waals surface area contributed by atoms with Crippen LogP contribution in [0.3, 0.4) is 0 Å². The Morgan fingerprint density at radius 1 is 1.19 bits per heavy atom. The first-order valence-electron chi connectivity index (χ1n) is 10.7. The van der Waals surface area contributed by atoms with Crippen LogP contribution in [0.25, 0.3) is 0 Å². The number of carbonyl (C=O) groups excluding carboxylic acids is 2. The molecule has 10 heteroatoms. The number of ether oxygens (including phenoxy) is 4. The van der Waals surface area contributed by atoms with E-state index in [1.54, 1.807) is 23.1 Å². The van der Waals surface area contributed by atoms with Crippen LogP contribution in [-0.4, -0.2) is 79.4 Å². The topological polar surface area (TPSA) is 119 Å². The van der Waals surface area contributed by atoms with E-state index in [1.165, 1.54) is 0 Å². The average molecular weight is 435 g/mol. The molecule has 3 heterocycles. The van der Waals surface area contributed by atoms with E-state index < -0.39 is 6.10 Å². The number of anilines is 1. The summed E-state index contributed by atoms with van der Waals surface area (Å²) in [6, 6.07) is 4.59. The summed E-state index contributed by atoms with van der Waals surface area (Å²) >= 11 is 0. The fraction of sp³-hybridized carbons (Fsp3) is 0.619. The summed E-state index contributed by atoms with van der Waals surface area (Å²) in [6.07, 6.45) is 0.184. The first-order valence-corrected chi connectivity index (χ1v) is 10.7. The predicted octanol–water partition coefficient (Wildman–Crippen LogP) is 1.08. The molecule has 4 atom stereocenters. The van der Waals surface area contributed by atoms with Crippen molar-refractivity contribution in [1.82, 2.24) is 10.2 Å². The number of urea groups is 1. The molecule has 0 aromatic heterocycles. The summed E-state index contributed by atoms with van der Waals surface area (Å²) in [7, 11) is 0. The smallest absolute Gasteiger partial charge is 0.322 e. The van der Waals surface area contributed by atoms with E-state index in [9.17, 15) is 14.7 Å². The monoisotopic (exact) mass is 435 g/mol. The summed E-state index contributed by atoms with van der Waals surface area (Å²) in [5.41, 5.74) is 0.574. The van der Waals surface area contributed by atoms with Crippen molar-refractivity contribution in [3.05, 3.63) is 18.2 Å². The van der Waals surface area contributed by atoms with Crippen molar-refractivity contribution in [1.29, 1.82) is 0 Å². The zero-order valence-electron chi connectivity index (χ0n) is 17.5. The molecule has 0 aliphatic carbocycles. The normalized spacial score (nSPS) is 27.6. The van der Waals surface area contributed by atoms with Gasteiger partial charge in [-0.25, -0.2) is 4.79 Å². The van der Waals surface area contributed by atoms with E-state index in [1.807, 2.05) is 6.92 Å². The van der Waals surface area contributed by atoms with Gasteiger partial charge in [-0.2, -0.15) is 0 Å². The van der Waals surface area contributed by atoms with Gasteiger partial charge in [-0.15, -0.1) is 0 Å². The third kappa shape index (κ3) is 5.20. The lowest BCUT2D eigenvalue weighted by Crippen LogP contribution is -2.58. The molecule has 3 aliphatic rings. The number of hydrogen-bond acceptors (Lipinski definition) is 7. The number of aliphatic hydroxyl groups is 1. The largest absolute Gasteiger partial charge is 0.454 e. The van der Waals surface area contributed by atoms with Gasteiger partial charge in [-0.05, 0) is 31.9 Å². The molecule has 0 radical (unpaired) electrons. The lowest BCUT2D eigenvalue weighted by molar-refractivity contribution is -0.149. The van der Waals surface area contributed by atoms with Gasteiger partial charge in [0.25, 0.3) is 0 Å². The number of benzene rings is 1. The second-order valence-electron chi connectivity index (χ2n) is 7.94. The molecule has 0 bridgehead atoms. The number of nitrogens with one attached hydrogen (secondary N) is 2. The van der Waals surface area contributed by atoms with Crippen LogP contribution in [0.4, 0.5) is 10.5 Å². The first kappa shape index (κ1) is 21.7. The molecule has 2 fully saturated rings. The van der Waals surface area contributed by atoms with E-state index in [2.05, 4.69) is 10.6 Å². The van der Waals surface area contributed by atoms with Crippen molar-refractivity contribution < 1.29 is 33.6 Å². The molecule has 4 rings (SSSR count). The molecule has 31 heavy (non-hydrogen) atoms. The molecule has 0 saturated carbocycles. The summed E-state index contributed by atoms with van der Waals surface area (Å²) in [4.78, 5) is 26.7. The lowest BCUT2D eigenvalue weighted by atomic mass is 9.95. The second kappa shape index (κ2) is 9.71. The fourth-order valence-corrected chi connectivity index (χ4v) is 4.22. The highest BCUT2D eigenvalue weighted by Gasteiger charge is 2.40. The average Bonchev–Trinajstić information content (AvgIpc) is 3.19. The Balaban J connectivity index is 1.44. The van der Waals surface area contributed by atoms with Crippen molar-refractivity contribution in [2.75, 3.05) is 38.4 Å². The van der Waals surface area contributed by atoms with Gasteiger partial charge < -0.3 is 39.6 Å². The second-order valence-corrected chi connectivity index (χ2v) is 7.94. The Kier molecular flexibility index (Phi) is 6.79. The van der Waals surface area contributed by atoms with Crippen LogP contribution in [0.2, 0.25) is 0 Å². The number of rotatable bonds is 4. The van der Waals surface area contributed by atoms with Gasteiger partial charge in [0.2, 0.25) is 12.7 Å². The Morgan fingerprint density at radius 3 is 2.87 bits per heavy atom. The molecular weight excluding hydrogens is 406 g/mol. The molecular formula is C21H29N3O7. The molecule has 3 amide bonds. The quantitative estimate of drug-likeness (QED) is 0.648. The van der Waals surface area contributed by atoms with Gasteiger partial charge in [-0.3, -0.25) is 4.79 Å². The van der Waals surface area contributed by atoms with E-state index in [0.29, 0.717) is 36.6 Å². The number of fused-ring (bicyclic) bond motifs is 2. The summed E-state index contributed by atoms with van der Waals surface area (Å²) < 4.78 is 22.4. The highest BCUT2D eigenvalue weighted by molar-refractivity contribution is 5.90. The molecule has 2 saturated heterocycles. The van der Waals surface area contributed by atoms with Crippen molar-refractivity contribution >= 4 is 17.6 Å². The van der Waals surface area contributed by atoms with Crippen LogP contribution in [0.15, 0.2) is 18.2 Å². The molecule has 3 aliphatic heterocycles. The lowest BCUT2D eigenvalue weighted by Gasteiger charge is -2.44. The molecule has 0 unspecified atom stereocenters. The maximum Gasteiger partial charge on any atom is 0.322 e. The number of amides is 3. The van der Waals surface area contributed by atoms with Crippen LogP contribution in [0, 0.1) is 0 Å². The highest BCUT2D eigenvalue weighted by Crippen LogP contribution is 2.34. The van der Waals surface area contributed by atoms with Crippen molar-refractivity contribution in [3.8, 4) is 11.5 Å². The van der Waals surface area contributed by atoms with Crippen LogP contribution in [0.1, 0.15) is 26.2 Å². The molecule has 1 aromatic carbocycles. The molecule has 170 valence electrons.